The van der Waals surface area contributed by atoms with E-state index in [0.29, 0.717) is 6.04 Å². The van der Waals surface area contributed by atoms with E-state index in [2.05, 4.69) is 22.8 Å². The minimum Gasteiger partial charge on any atom is -0.394 e. The molecule has 1 aromatic rings. The van der Waals surface area contributed by atoms with Crippen molar-refractivity contribution in [3.63, 3.8) is 0 Å². The van der Waals surface area contributed by atoms with Crippen molar-refractivity contribution in [3.8, 4) is 5.75 Å². The molecule has 102 valence electrons. The van der Waals surface area contributed by atoms with E-state index in [0.717, 1.165) is 25.3 Å². The average Bonchev–Trinajstić information content (AvgIpc) is 2.88. The van der Waals surface area contributed by atoms with E-state index in [9.17, 15) is 0 Å². The SMILES string of the molecule is CC.CNC1CCN(NOc2ccc(C)cc2)C1. The Morgan fingerprint density at radius 3 is 2.44 bits per heavy atom. The van der Waals surface area contributed by atoms with Crippen LogP contribution in [0.3, 0.4) is 0 Å². The van der Waals surface area contributed by atoms with Crippen LogP contribution in [-0.4, -0.2) is 31.2 Å². The molecule has 1 heterocycles. The van der Waals surface area contributed by atoms with Gasteiger partial charge in [-0.2, -0.15) is 0 Å². The molecular formula is C14H25N3O. The molecule has 1 aromatic carbocycles. The van der Waals surface area contributed by atoms with Crippen LogP contribution >= 0.6 is 0 Å². The Morgan fingerprint density at radius 2 is 1.89 bits per heavy atom. The number of nitrogens with zero attached hydrogens (tertiary/aromatic N) is 1. The molecule has 0 radical (unpaired) electrons. The molecule has 1 fully saturated rings. The molecule has 18 heavy (non-hydrogen) atoms. The molecule has 4 heteroatoms. The molecule has 0 saturated carbocycles. The zero-order chi connectivity index (χ0) is 13.4. The van der Waals surface area contributed by atoms with Gasteiger partial charge in [-0.15, -0.1) is 0 Å². The maximum Gasteiger partial charge on any atom is 0.149 e. The predicted octanol–water partition coefficient (Wildman–Crippen LogP) is 2.11. The fourth-order valence-electron chi connectivity index (χ4n) is 1.80. The summed E-state index contributed by atoms with van der Waals surface area (Å²) in [5, 5.41) is 5.35. The van der Waals surface area contributed by atoms with Gasteiger partial charge < -0.3 is 10.2 Å². The average molecular weight is 251 g/mol. The summed E-state index contributed by atoms with van der Waals surface area (Å²) in [6.07, 6.45) is 1.15. The zero-order valence-electron chi connectivity index (χ0n) is 11.9. The third-order valence-corrected chi connectivity index (χ3v) is 2.91. The van der Waals surface area contributed by atoms with Crippen LogP contribution in [0.15, 0.2) is 24.3 Å². The number of aryl methyl sites for hydroxylation is 1. The predicted molar refractivity (Wildman–Crippen MR) is 75.3 cm³/mol. The molecule has 0 spiro atoms. The van der Waals surface area contributed by atoms with Crippen molar-refractivity contribution < 1.29 is 4.84 Å². The first-order valence-corrected chi connectivity index (χ1v) is 6.69. The first-order chi connectivity index (χ1) is 8.78. The van der Waals surface area contributed by atoms with Crippen LogP contribution in [0.4, 0.5) is 0 Å². The van der Waals surface area contributed by atoms with Crippen LogP contribution in [-0.2, 0) is 0 Å². The van der Waals surface area contributed by atoms with Crippen LogP contribution in [0.5, 0.6) is 5.75 Å². The van der Waals surface area contributed by atoms with Gasteiger partial charge in [0, 0.05) is 19.1 Å². The first kappa shape index (κ1) is 15.0. The molecule has 0 aromatic heterocycles. The molecule has 1 unspecified atom stereocenters. The van der Waals surface area contributed by atoms with Crippen molar-refractivity contribution in [2.45, 2.75) is 33.2 Å². The van der Waals surface area contributed by atoms with Gasteiger partial charge in [-0.25, -0.2) is 5.01 Å². The maximum absolute atomic E-state index is 5.49. The molecule has 1 aliphatic heterocycles. The molecule has 1 atom stereocenters. The Labute approximate surface area is 110 Å². The van der Waals surface area contributed by atoms with E-state index >= 15 is 0 Å². The highest BCUT2D eigenvalue weighted by atomic mass is 16.7. The van der Waals surface area contributed by atoms with Gasteiger partial charge in [-0.1, -0.05) is 37.1 Å². The second-order valence-electron chi connectivity index (χ2n) is 4.23. The molecule has 0 bridgehead atoms. The van der Waals surface area contributed by atoms with Gasteiger partial charge in [0.1, 0.15) is 5.75 Å². The molecule has 0 aliphatic carbocycles. The van der Waals surface area contributed by atoms with Gasteiger partial charge in [-0.3, -0.25) is 0 Å². The lowest BCUT2D eigenvalue weighted by molar-refractivity contribution is 0.0200. The van der Waals surface area contributed by atoms with Crippen molar-refractivity contribution in [2.24, 2.45) is 0 Å². The highest BCUT2D eigenvalue weighted by molar-refractivity contribution is 5.25. The fraction of sp³-hybridized carbons (Fsp3) is 0.571. The van der Waals surface area contributed by atoms with Crippen LogP contribution in [0.2, 0.25) is 0 Å². The monoisotopic (exact) mass is 251 g/mol. The van der Waals surface area contributed by atoms with Gasteiger partial charge in [0.15, 0.2) is 0 Å². The van der Waals surface area contributed by atoms with Crippen molar-refractivity contribution in [1.82, 2.24) is 15.9 Å². The largest absolute Gasteiger partial charge is 0.394 e. The van der Waals surface area contributed by atoms with Gasteiger partial charge >= 0.3 is 0 Å². The summed E-state index contributed by atoms with van der Waals surface area (Å²) in [7, 11) is 2.00. The van der Waals surface area contributed by atoms with E-state index in [1.165, 1.54) is 5.56 Å². The second kappa shape index (κ2) is 8.08. The van der Waals surface area contributed by atoms with E-state index in [-0.39, 0.29) is 0 Å². The third-order valence-electron chi connectivity index (χ3n) is 2.91. The number of hydrazine groups is 1. The number of hydrogen-bond acceptors (Lipinski definition) is 4. The third kappa shape index (κ3) is 4.64. The summed E-state index contributed by atoms with van der Waals surface area (Å²) in [5.41, 5.74) is 4.21. The lowest BCUT2D eigenvalue weighted by atomic mass is 10.2. The van der Waals surface area contributed by atoms with E-state index < -0.39 is 0 Å². The molecule has 1 aliphatic rings. The van der Waals surface area contributed by atoms with Crippen LogP contribution in [0.25, 0.3) is 0 Å². The Balaban J connectivity index is 0.000000771. The van der Waals surface area contributed by atoms with Crippen molar-refractivity contribution >= 4 is 0 Å². The van der Waals surface area contributed by atoms with Crippen molar-refractivity contribution in [1.29, 1.82) is 0 Å². The minimum absolute atomic E-state index is 0.564. The Morgan fingerprint density at radius 1 is 1.22 bits per heavy atom. The Hall–Kier alpha value is -1.10. The van der Waals surface area contributed by atoms with Gasteiger partial charge in [0.25, 0.3) is 0 Å². The van der Waals surface area contributed by atoms with Crippen LogP contribution in [0.1, 0.15) is 25.8 Å². The van der Waals surface area contributed by atoms with E-state index in [4.69, 9.17) is 4.84 Å². The summed E-state index contributed by atoms with van der Waals surface area (Å²) in [4.78, 5) is 5.49. The van der Waals surface area contributed by atoms with Gasteiger partial charge in [-0.05, 0) is 32.5 Å². The smallest absolute Gasteiger partial charge is 0.149 e. The van der Waals surface area contributed by atoms with Gasteiger partial charge in [0.2, 0.25) is 0 Å². The zero-order valence-corrected chi connectivity index (χ0v) is 11.9. The number of likely N-dealkylation sites (N-methyl/N-ethyl adjacent to an activating group) is 1. The molecular weight excluding hydrogens is 226 g/mol. The summed E-state index contributed by atoms with van der Waals surface area (Å²) in [6.45, 7) is 8.05. The van der Waals surface area contributed by atoms with Crippen molar-refractivity contribution in [2.75, 3.05) is 20.1 Å². The summed E-state index contributed by atoms with van der Waals surface area (Å²) < 4.78 is 0. The molecule has 4 nitrogen and oxygen atoms in total. The lowest BCUT2D eigenvalue weighted by Crippen LogP contribution is -2.40. The summed E-state index contributed by atoms with van der Waals surface area (Å²) >= 11 is 0. The fourth-order valence-corrected chi connectivity index (χ4v) is 1.80. The first-order valence-electron chi connectivity index (χ1n) is 6.69. The Bertz CT molecular complexity index is 326. The molecule has 1 saturated heterocycles. The van der Waals surface area contributed by atoms with E-state index in [1.54, 1.807) is 0 Å². The molecule has 0 amide bonds. The van der Waals surface area contributed by atoms with E-state index in [1.807, 2.05) is 45.2 Å². The number of hydrogen-bond donors (Lipinski definition) is 2. The highest BCUT2D eigenvalue weighted by Gasteiger charge is 2.20. The van der Waals surface area contributed by atoms with Crippen LogP contribution < -0.4 is 15.7 Å². The van der Waals surface area contributed by atoms with Crippen LogP contribution in [0, 0.1) is 6.92 Å². The maximum atomic E-state index is 5.49. The normalized spacial score (nSPS) is 19.2. The number of nitrogens with one attached hydrogen (secondary N) is 2. The quantitative estimate of drug-likeness (QED) is 0.804. The molecule has 2 N–H and O–H groups in total. The second-order valence-corrected chi connectivity index (χ2v) is 4.23. The summed E-state index contributed by atoms with van der Waals surface area (Å²) in [6, 6.07) is 8.57. The standard InChI is InChI=1S/C12H19N3O.C2H6/c1-10-3-5-12(6-4-10)16-14-15-8-7-11(9-15)13-2;1-2/h3-6,11,13-14H,7-9H2,1-2H3;1-2H3. The number of rotatable bonds is 4. The topological polar surface area (TPSA) is 36.5 Å². The highest BCUT2D eigenvalue weighted by Crippen LogP contribution is 2.11. The van der Waals surface area contributed by atoms with Gasteiger partial charge in [0.05, 0.1) is 0 Å². The number of benzene rings is 1. The summed E-state index contributed by atoms with van der Waals surface area (Å²) in [5.74, 6) is 0.846. The Kier molecular flexibility index (Phi) is 6.72. The van der Waals surface area contributed by atoms with Crippen molar-refractivity contribution in [3.05, 3.63) is 29.8 Å². The minimum atomic E-state index is 0.564. The lowest BCUT2D eigenvalue weighted by Gasteiger charge is -2.17. The molecule has 2 rings (SSSR count).